The predicted molar refractivity (Wildman–Crippen MR) is 60.9 cm³/mol. The van der Waals surface area contributed by atoms with Gasteiger partial charge < -0.3 is 10.4 Å². The van der Waals surface area contributed by atoms with Crippen molar-refractivity contribution in [1.82, 2.24) is 4.98 Å². The lowest BCUT2D eigenvalue weighted by molar-refractivity contribution is 0.283. The molecule has 0 aliphatic heterocycles. The number of aromatic nitrogens is 1. The minimum atomic E-state index is 0.319. The molecule has 0 atom stereocenters. The largest absolute Gasteiger partial charge is 0.396 e. The van der Waals surface area contributed by atoms with Gasteiger partial charge in [0.25, 0.3) is 0 Å². The summed E-state index contributed by atoms with van der Waals surface area (Å²) < 4.78 is 0. The van der Waals surface area contributed by atoms with Gasteiger partial charge in [-0.05, 0) is 19.8 Å². The minimum absolute atomic E-state index is 0.319. The van der Waals surface area contributed by atoms with Crippen LogP contribution >= 0.6 is 11.3 Å². The smallest absolute Gasteiger partial charge is 0.182 e. The lowest BCUT2D eigenvalue weighted by Gasteiger charge is -2.01. The number of aliphatic hydroxyl groups excluding tert-OH is 1. The first-order valence-electron chi connectivity index (χ1n) is 5.10. The van der Waals surface area contributed by atoms with Crippen molar-refractivity contribution in [2.24, 2.45) is 0 Å². The van der Waals surface area contributed by atoms with Crippen molar-refractivity contribution >= 4 is 16.5 Å². The van der Waals surface area contributed by atoms with Crippen LogP contribution in [0.3, 0.4) is 0 Å². The van der Waals surface area contributed by atoms with E-state index >= 15 is 0 Å². The second-order valence-corrected chi connectivity index (χ2v) is 4.22. The van der Waals surface area contributed by atoms with Crippen LogP contribution in [0.15, 0.2) is 5.38 Å². The van der Waals surface area contributed by atoms with E-state index in [1.54, 1.807) is 11.3 Å². The quantitative estimate of drug-likeness (QED) is 0.685. The van der Waals surface area contributed by atoms with Crippen LogP contribution in [0, 0.1) is 6.92 Å². The van der Waals surface area contributed by atoms with E-state index in [1.807, 2.05) is 12.3 Å². The van der Waals surface area contributed by atoms with Crippen LogP contribution in [0.2, 0.25) is 0 Å². The summed E-state index contributed by atoms with van der Waals surface area (Å²) in [6, 6.07) is 0. The third kappa shape index (κ3) is 4.58. The summed E-state index contributed by atoms with van der Waals surface area (Å²) in [5, 5.41) is 14.9. The molecule has 1 rings (SSSR count). The highest BCUT2D eigenvalue weighted by Crippen LogP contribution is 2.14. The maximum atomic E-state index is 8.58. The number of anilines is 1. The Bertz CT molecular complexity index is 250. The Morgan fingerprint density at radius 2 is 2.14 bits per heavy atom. The Kier molecular flexibility index (Phi) is 5.56. The topological polar surface area (TPSA) is 45.1 Å². The highest BCUT2D eigenvalue weighted by molar-refractivity contribution is 7.13. The molecular formula is C10H18N2OS. The molecule has 1 aromatic heterocycles. The number of rotatable bonds is 7. The Labute approximate surface area is 89.2 Å². The van der Waals surface area contributed by atoms with Gasteiger partial charge >= 0.3 is 0 Å². The lowest BCUT2D eigenvalue weighted by Crippen LogP contribution is -2.01. The van der Waals surface area contributed by atoms with Crippen molar-refractivity contribution in [1.29, 1.82) is 0 Å². The molecule has 0 aliphatic rings. The fourth-order valence-electron chi connectivity index (χ4n) is 1.22. The Balaban J connectivity index is 1.99. The molecule has 0 amide bonds. The summed E-state index contributed by atoms with van der Waals surface area (Å²) in [5.74, 6) is 0. The number of thiazole rings is 1. The minimum Gasteiger partial charge on any atom is -0.396 e. The third-order valence-corrected chi connectivity index (χ3v) is 2.90. The molecule has 0 saturated heterocycles. The van der Waals surface area contributed by atoms with Crippen molar-refractivity contribution in [2.75, 3.05) is 18.5 Å². The van der Waals surface area contributed by atoms with Crippen LogP contribution in [0.1, 0.15) is 31.4 Å². The van der Waals surface area contributed by atoms with Crippen LogP contribution in [0.4, 0.5) is 5.13 Å². The molecule has 1 heterocycles. The fraction of sp³-hybridized carbons (Fsp3) is 0.700. The molecule has 0 bridgehead atoms. The first-order chi connectivity index (χ1) is 6.83. The SMILES string of the molecule is Cc1csc(NCCCCCCO)n1. The number of nitrogens with zero attached hydrogens (tertiary/aromatic N) is 1. The number of unbranched alkanes of at least 4 members (excludes halogenated alkanes) is 3. The zero-order chi connectivity index (χ0) is 10.2. The van der Waals surface area contributed by atoms with Crippen LogP contribution < -0.4 is 5.32 Å². The van der Waals surface area contributed by atoms with Crippen molar-refractivity contribution in [2.45, 2.75) is 32.6 Å². The van der Waals surface area contributed by atoms with Crippen LogP contribution in [-0.4, -0.2) is 23.2 Å². The van der Waals surface area contributed by atoms with Gasteiger partial charge in [0.2, 0.25) is 0 Å². The average molecular weight is 214 g/mol. The molecule has 0 saturated carbocycles. The Hall–Kier alpha value is -0.610. The number of aliphatic hydroxyl groups is 1. The van der Waals surface area contributed by atoms with E-state index in [2.05, 4.69) is 10.3 Å². The standard InChI is InChI=1S/C10H18N2OS/c1-9-8-14-10(12-9)11-6-4-2-3-5-7-13/h8,13H,2-7H2,1H3,(H,11,12). The predicted octanol–water partition coefficient (Wildman–Crippen LogP) is 2.42. The molecule has 0 radical (unpaired) electrons. The number of hydrogen-bond donors (Lipinski definition) is 2. The molecule has 0 fully saturated rings. The summed E-state index contributed by atoms with van der Waals surface area (Å²) in [6.45, 7) is 3.31. The summed E-state index contributed by atoms with van der Waals surface area (Å²) in [6.07, 6.45) is 4.38. The van der Waals surface area contributed by atoms with Gasteiger partial charge in [-0.1, -0.05) is 12.8 Å². The maximum Gasteiger partial charge on any atom is 0.182 e. The summed E-state index contributed by atoms with van der Waals surface area (Å²) in [4.78, 5) is 4.31. The van der Waals surface area contributed by atoms with Gasteiger partial charge in [-0.15, -0.1) is 11.3 Å². The van der Waals surface area contributed by atoms with Crippen LogP contribution in [0.25, 0.3) is 0 Å². The van der Waals surface area contributed by atoms with Gasteiger partial charge in [-0.25, -0.2) is 4.98 Å². The second kappa shape index (κ2) is 6.79. The molecule has 0 spiro atoms. The second-order valence-electron chi connectivity index (χ2n) is 3.36. The lowest BCUT2D eigenvalue weighted by atomic mass is 10.2. The molecular weight excluding hydrogens is 196 g/mol. The number of hydrogen-bond acceptors (Lipinski definition) is 4. The molecule has 0 aliphatic carbocycles. The van der Waals surface area contributed by atoms with Crippen molar-refractivity contribution in [3.63, 3.8) is 0 Å². The molecule has 3 nitrogen and oxygen atoms in total. The molecule has 1 aromatic rings. The van der Waals surface area contributed by atoms with Gasteiger partial charge in [0.1, 0.15) is 0 Å². The summed E-state index contributed by atoms with van der Waals surface area (Å²) in [7, 11) is 0. The van der Waals surface area contributed by atoms with E-state index in [4.69, 9.17) is 5.11 Å². The highest BCUT2D eigenvalue weighted by Gasteiger charge is 1.96. The average Bonchev–Trinajstić information content (AvgIpc) is 2.58. The van der Waals surface area contributed by atoms with Gasteiger partial charge in [0.05, 0.1) is 5.69 Å². The molecule has 4 heteroatoms. The van der Waals surface area contributed by atoms with Crippen molar-refractivity contribution < 1.29 is 5.11 Å². The summed E-state index contributed by atoms with van der Waals surface area (Å²) >= 11 is 1.66. The van der Waals surface area contributed by atoms with E-state index in [-0.39, 0.29) is 0 Å². The Morgan fingerprint density at radius 1 is 1.36 bits per heavy atom. The van der Waals surface area contributed by atoms with E-state index < -0.39 is 0 Å². The fourth-order valence-corrected chi connectivity index (χ4v) is 1.94. The van der Waals surface area contributed by atoms with Gasteiger partial charge in [-0.2, -0.15) is 0 Å². The molecule has 0 unspecified atom stereocenters. The maximum absolute atomic E-state index is 8.58. The molecule has 0 aromatic carbocycles. The van der Waals surface area contributed by atoms with E-state index in [1.165, 1.54) is 6.42 Å². The number of aryl methyl sites for hydroxylation is 1. The van der Waals surface area contributed by atoms with Crippen molar-refractivity contribution in [3.8, 4) is 0 Å². The zero-order valence-electron chi connectivity index (χ0n) is 8.62. The highest BCUT2D eigenvalue weighted by atomic mass is 32.1. The zero-order valence-corrected chi connectivity index (χ0v) is 9.44. The third-order valence-electron chi connectivity index (χ3n) is 1.98. The van der Waals surface area contributed by atoms with E-state index in [0.717, 1.165) is 36.6 Å². The molecule has 14 heavy (non-hydrogen) atoms. The van der Waals surface area contributed by atoms with Crippen LogP contribution in [-0.2, 0) is 0 Å². The molecule has 80 valence electrons. The van der Waals surface area contributed by atoms with Crippen LogP contribution in [0.5, 0.6) is 0 Å². The van der Waals surface area contributed by atoms with Gasteiger partial charge in [0.15, 0.2) is 5.13 Å². The monoisotopic (exact) mass is 214 g/mol. The van der Waals surface area contributed by atoms with E-state index in [9.17, 15) is 0 Å². The summed E-state index contributed by atoms with van der Waals surface area (Å²) in [5.41, 5.74) is 1.08. The first-order valence-corrected chi connectivity index (χ1v) is 5.98. The normalized spacial score (nSPS) is 10.4. The van der Waals surface area contributed by atoms with Gasteiger partial charge in [-0.3, -0.25) is 0 Å². The number of nitrogens with one attached hydrogen (secondary N) is 1. The molecule has 2 N–H and O–H groups in total. The van der Waals surface area contributed by atoms with Crippen molar-refractivity contribution in [3.05, 3.63) is 11.1 Å². The Morgan fingerprint density at radius 3 is 2.79 bits per heavy atom. The first kappa shape index (κ1) is 11.5. The van der Waals surface area contributed by atoms with Gasteiger partial charge in [0, 0.05) is 18.5 Å². The van der Waals surface area contributed by atoms with E-state index in [0.29, 0.717) is 6.61 Å².